The lowest BCUT2D eigenvalue weighted by Crippen LogP contribution is -2.35. The number of nitrogens with two attached hydrogens (primary N) is 1. The highest BCUT2D eigenvalue weighted by molar-refractivity contribution is 7.22. The molecule has 1 aliphatic rings. The summed E-state index contributed by atoms with van der Waals surface area (Å²) in [7, 11) is 0. The van der Waals surface area contributed by atoms with Gasteiger partial charge in [0.05, 0.1) is 28.9 Å². The zero-order valence-electron chi connectivity index (χ0n) is 17.2. The van der Waals surface area contributed by atoms with Crippen LogP contribution >= 0.6 is 11.3 Å². The van der Waals surface area contributed by atoms with Crippen molar-refractivity contribution in [2.45, 2.75) is 5.92 Å². The first-order chi connectivity index (χ1) is 15.6. The number of aromatic nitrogens is 3. The molecule has 0 saturated carbocycles. The molecule has 2 unspecified atom stereocenters. The highest BCUT2D eigenvalue weighted by atomic mass is 32.1. The molecule has 0 spiro atoms. The molecule has 1 fully saturated rings. The largest absolute Gasteiger partial charge is 0.340 e. The minimum absolute atomic E-state index is 0.0628. The van der Waals surface area contributed by atoms with Gasteiger partial charge in [-0.2, -0.15) is 5.10 Å². The summed E-state index contributed by atoms with van der Waals surface area (Å²) in [5.41, 5.74) is 9.45. The molecule has 2 atom stereocenters. The van der Waals surface area contributed by atoms with Crippen LogP contribution in [0.1, 0.15) is 11.5 Å². The third kappa shape index (κ3) is 3.88. The summed E-state index contributed by atoms with van der Waals surface area (Å²) in [6.07, 6.45) is 3.60. The fraction of sp³-hybridized carbons (Fsp3) is 0.217. The van der Waals surface area contributed by atoms with Crippen molar-refractivity contribution in [1.82, 2.24) is 20.1 Å². The first-order valence-corrected chi connectivity index (χ1v) is 11.2. The van der Waals surface area contributed by atoms with Gasteiger partial charge in [-0.15, -0.1) is 0 Å². The number of anilines is 1. The topological polar surface area (TPSA) is 117 Å². The number of rotatable bonds is 5. The van der Waals surface area contributed by atoms with E-state index >= 15 is 0 Å². The standard InChI is InChI=1S/C23H22N6O2S/c24-9-21(30)29-12-17(14-4-2-1-3-5-14)18(13-29)22(31)28-23-27-19-7-6-15(8-20(19)32-23)16-10-25-26-11-16/h1-8,10-11,17-18H,9,12-13,24H2,(H,25,26)(H,27,28,31). The van der Waals surface area contributed by atoms with Gasteiger partial charge in [-0.1, -0.05) is 47.7 Å². The minimum Gasteiger partial charge on any atom is -0.340 e. The number of nitrogens with zero attached hydrogens (tertiary/aromatic N) is 3. The van der Waals surface area contributed by atoms with E-state index in [0.717, 1.165) is 26.9 Å². The molecular formula is C23H22N6O2S. The minimum atomic E-state index is -0.374. The summed E-state index contributed by atoms with van der Waals surface area (Å²) in [4.78, 5) is 31.7. The van der Waals surface area contributed by atoms with Gasteiger partial charge in [-0.3, -0.25) is 14.7 Å². The van der Waals surface area contributed by atoms with E-state index in [4.69, 9.17) is 5.73 Å². The summed E-state index contributed by atoms with van der Waals surface area (Å²) in [5, 5.41) is 10.3. The van der Waals surface area contributed by atoms with Gasteiger partial charge in [0.2, 0.25) is 11.8 Å². The Morgan fingerprint density at radius 2 is 2.00 bits per heavy atom. The second kappa shape index (κ2) is 8.52. The SMILES string of the molecule is NCC(=O)N1CC(C(=O)Nc2nc3ccc(-c4cn[nH]c4)cc3s2)C(c2ccccc2)C1. The summed E-state index contributed by atoms with van der Waals surface area (Å²) in [6.45, 7) is 0.760. The van der Waals surface area contributed by atoms with Crippen LogP contribution in [0.3, 0.4) is 0 Å². The maximum absolute atomic E-state index is 13.3. The molecule has 2 aromatic carbocycles. The molecular weight excluding hydrogens is 424 g/mol. The normalized spacial score (nSPS) is 18.2. The van der Waals surface area contributed by atoms with Crippen LogP contribution in [-0.2, 0) is 9.59 Å². The van der Waals surface area contributed by atoms with Crippen molar-refractivity contribution in [3.05, 3.63) is 66.5 Å². The molecule has 3 heterocycles. The van der Waals surface area contributed by atoms with Gasteiger partial charge < -0.3 is 16.0 Å². The molecule has 2 aromatic heterocycles. The Kier molecular flexibility index (Phi) is 5.42. The van der Waals surface area contributed by atoms with Crippen molar-refractivity contribution < 1.29 is 9.59 Å². The van der Waals surface area contributed by atoms with Gasteiger partial charge in [0.15, 0.2) is 5.13 Å². The number of hydrogen-bond donors (Lipinski definition) is 3. The average Bonchev–Trinajstić information content (AvgIpc) is 3.57. The molecule has 5 rings (SSSR count). The molecule has 1 aliphatic heterocycles. The number of benzene rings is 2. The van der Waals surface area contributed by atoms with E-state index in [2.05, 4.69) is 20.5 Å². The molecule has 4 N–H and O–H groups in total. The Hall–Kier alpha value is -3.56. The number of nitrogens with one attached hydrogen (secondary N) is 2. The number of thiazole rings is 1. The van der Waals surface area contributed by atoms with E-state index in [0.29, 0.717) is 18.2 Å². The molecule has 0 radical (unpaired) electrons. The van der Waals surface area contributed by atoms with Crippen LogP contribution in [0.15, 0.2) is 60.9 Å². The fourth-order valence-corrected chi connectivity index (χ4v) is 5.11. The summed E-state index contributed by atoms with van der Waals surface area (Å²) in [5.74, 6) is -0.747. The lowest BCUT2D eigenvalue weighted by molar-refractivity contribution is -0.129. The Bertz CT molecular complexity index is 1250. The molecule has 0 aliphatic carbocycles. The first-order valence-electron chi connectivity index (χ1n) is 10.4. The van der Waals surface area contributed by atoms with E-state index in [1.807, 2.05) is 54.7 Å². The second-order valence-electron chi connectivity index (χ2n) is 7.80. The first kappa shape index (κ1) is 20.3. The number of carbonyl (C=O) groups excluding carboxylic acids is 2. The number of aromatic amines is 1. The Morgan fingerprint density at radius 1 is 1.16 bits per heavy atom. The van der Waals surface area contributed by atoms with Crippen LogP contribution in [0.5, 0.6) is 0 Å². The molecule has 8 nitrogen and oxygen atoms in total. The number of fused-ring (bicyclic) bond motifs is 1. The number of amides is 2. The second-order valence-corrected chi connectivity index (χ2v) is 8.83. The van der Waals surface area contributed by atoms with Crippen LogP contribution < -0.4 is 11.1 Å². The van der Waals surface area contributed by atoms with E-state index < -0.39 is 0 Å². The summed E-state index contributed by atoms with van der Waals surface area (Å²) in [6, 6.07) is 15.8. The van der Waals surface area contributed by atoms with Crippen LogP contribution in [0, 0.1) is 5.92 Å². The summed E-state index contributed by atoms with van der Waals surface area (Å²) >= 11 is 1.43. The molecule has 162 valence electrons. The third-order valence-corrected chi connectivity index (χ3v) is 6.80. The van der Waals surface area contributed by atoms with Crippen molar-refractivity contribution in [1.29, 1.82) is 0 Å². The van der Waals surface area contributed by atoms with Crippen molar-refractivity contribution in [3.63, 3.8) is 0 Å². The maximum atomic E-state index is 13.3. The number of H-pyrrole nitrogens is 1. The van der Waals surface area contributed by atoms with Gasteiger partial charge in [0.25, 0.3) is 0 Å². The van der Waals surface area contributed by atoms with Crippen LogP contribution in [-0.4, -0.2) is 51.5 Å². The lowest BCUT2D eigenvalue weighted by atomic mass is 9.88. The Labute approximate surface area is 188 Å². The monoisotopic (exact) mass is 446 g/mol. The van der Waals surface area contributed by atoms with Crippen molar-refractivity contribution in [3.8, 4) is 11.1 Å². The van der Waals surface area contributed by atoms with Gasteiger partial charge in [-0.25, -0.2) is 4.98 Å². The van der Waals surface area contributed by atoms with Crippen LogP contribution in [0.25, 0.3) is 21.3 Å². The lowest BCUT2D eigenvalue weighted by Gasteiger charge is -2.17. The number of carbonyl (C=O) groups is 2. The molecule has 32 heavy (non-hydrogen) atoms. The zero-order valence-corrected chi connectivity index (χ0v) is 18.0. The highest BCUT2D eigenvalue weighted by Gasteiger charge is 2.40. The third-order valence-electron chi connectivity index (χ3n) is 5.86. The van der Waals surface area contributed by atoms with Crippen LogP contribution in [0.2, 0.25) is 0 Å². The van der Waals surface area contributed by atoms with E-state index in [1.165, 1.54) is 11.3 Å². The maximum Gasteiger partial charge on any atom is 0.236 e. The van der Waals surface area contributed by atoms with Gasteiger partial charge in [0, 0.05) is 30.8 Å². The molecule has 2 amide bonds. The molecule has 1 saturated heterocycles. The van der Waals surface area contributed by atoms with Crippen molar-refractivity contribution in [2.24, 2.45) is 11.7 Å². The van der Waals surface area contributed by atoms with Gasteiger partial charge in [-0.05, 0) is 23.3 Å². The fourth-order valence-electron chi connectivity index (χ4n) is 4.20. The Morgan fingerprint density at radius 3 is 2.75 bits per heavy atom. The predicted octanol–water partition coefficient (Wildman–Crippen LogP) is 2.83. The molecule has 0 bridgehead atoms. The summed E-state index contributed by atoms with van der Waals surface area (Å²) < 4.78 is 0.977. The van der Waals surface area contributed by atoms with Crippen molar-refractivity contribution >= 4 is 38.5 Å². The number of hydrogen-bond acceptors (Lipinski definition) is 6. The van der Waals surface area contributed by atoms with Gasteiger partial charge >= 0.3 is 0 Å². The van der Waals surface area contributed by atoms with E-state index in [-0.39, 0.29) is 30.2 Å². The average molecular weight is 447 g/mol. The van der Waals surface area contributed by atoms with E-state index in [1.54, 1.807) is 11.1 Å². The molecule has 9 heteroatoms. The zero-order chi connectivity index (χ0) is 22.1. The quantitative estimate of drug-likeness (QED) is 0.436. The molecule has 4 aromatic rings. The van der Waals surface area contributed by atoms with Gasteiger partial charge in [0.1, 0.15) is 0 Å². The smallest absolute Gasteiger partial charge is 0.236 e. The van der Waals surface area contributed by atoms with Crippen LogP contribution in [0.4, 0.5) is 5.13 Å². The highest BCUT2D eigenvalue weighted by Crippen LogP contribution is 2.35. The number of likely N-dealkylation sites (tertiary alicyclic amines) is 1. The Balaban J connectivity index is 1.38. The van der Waals surface area contributed by atoms with E-state index in [9.17, 15) is 9.59 Å². The van der Waals surface area contributed by atoms with Crippen molar-refractivity contribution in [2.75, 3.05) is 25.0 Å². The predicted molar refractivity (Wildman–Crippen MR) is 124 cm³/mol.